The summed E-state index contributed by atoms with van der Waals surface area (Å²) in [5, 5.41) is 17.0. The molecule has 0 radical (unpaired) electrons. The van der Waals surface area contributed by atoms with Crippen LogP contribution in [0.3, 0.4) is 0 Å². The van der Waals surface area contributed by atoms with Gasteiger partial charge >= 0.3 is 0 Å². The molecule has 3 aliphatic rings. The minimum atomic E-state index is -0.293. The van der Waals surface area contributed by atoms with Crippen molar-refractivity contribution in [2.75, 3.05) is 32.7 Å². The van der Waals surface area contributed by atoms with Crippen molar-refractivity contribution in [3.05, 3.63) is 35.3 Å². The summed E-state index contributed by atoms with van der Waals surface area (Å²) in [6.07, 6.45) is 4.92. The molecule has 2 aromatic rings. The highest BCUT2D eigenvalue weighted by atomic mass is 19.1. The minimum absolute atomic E-state index is 0.0718. The number of aliphatic hydroxyl groups is 1. The summed E-state index contributed by atoms with van der Waals surface area (Å²) >= 11 is 0. The largest absolute Gasteiger partial charge is 0.393 e. The Morgan fingerprint density at radius 3 is 2.73 bits per heavy atom. The maximum absolute atomic E-state index is 13.8. The number of halogens is 1. The molecule has 1 atom stereocenters. The summed E-state index contributed by atoms with van der Waals surface area (Å²) in [7, 11) is 0. The second-order valence-corrected chi connectivity index (χ2v) is 9.48. The summed E-state index contributed by atoms with van der Waals surface area (Å²) in [5.74, 6) is -0.315. The van der Waals surface area contributed by atoms with Crippen molar-refractivity contribution in [3.63, 3.8) is 0 Å². The van der Waals surface area contributed by atoms with Gasteiger partial charge in [-0.25, -0.2) is 4.39 Å². The number of H-pyrrole nitrogens is 1. The lowest BCUT2D eigenvalue weighted by molar-refractivity contribution is -0.136. The molecule has 3 fully saturated rings. The number of piperazine rings is 1. The number of hydrogen-bond donors (Lipinski definition) is 2. The van der Waals surface area contributed by atoms with E-state index in [4.69, 9.17) is 0 Å². The minimum Gasteiger partial charge on any atom is -0.393 e. The van der Waals surface area contributed by atoms with E-state index in [1.165, 1.54) is 6.07 Å². The summed E-state index contributed by atoms with van der Waals surface area (Å²) in [6, 6.07) is 4.78. The number of nitrogens with zero attached hydrogens (tertiary/aromatic N) is 4. The third-order valence-corrected chi connectivity index (χ3v) is 7.29. The lowest BCUT2D eigenvalue weighted by Crippen LogP contribution is -2.49. The molecule has 2 saturated heterocycles. The molecule has 1 spiro atoms. The average molecular weight is 456 g/mol. The molecule has 3 heterocycles. The van der Waals surface area contributed by atoms with Crippen LogP contribution in [0.1, 0.15) is 48.2 Å². The van der Waals surface area contributed by atoms with Gasteiger partial charge in [-0.1, -0.05) is 0 Å². The second kappa shape index (κ2) is 8.44. The van der Waals surface area contributed by atoms with Crippen molar-refractivity contribution in [3.8, 4) is 0 Å². The number of piperidine rings is 1. The van der Waals surface area contributed by atoms with E-state index >= 15 is 0 Å². The third-order valence-electron chi connectivity index (χ3n) is 7.29. The SMILES string of the molecule is Cc1c(F)ccc2[nH]c(C(=O)N3CCN(/N=C\CC(=O)N4CCC(O)CC45CC5)CC3)cc12. The van der Waals surface area contributed by atoms with Crippen LogP contribution in [0.4, 0.5) is 4.39 Å². The van der Waals surface area contributed by atoms with Crippen molar-refractivity contribution >= 4 is 28.9 Å². The summed E-state index contributed by atoms with van der Waals surface area (Å²) < 4.78 is 13.8. The number of hydrogen-bond acceptors (Lipinski definition) is 5. The summed E-state index contributed by atoms with van der Waals surface area (Å²) in [4.78, 5) is 32.4. The van der Waals surface area contributed by atoms with E-state index in [1.807, 2.05) is 9.91 Å². The Balaban J connectivity index is 1.13. The molecule has 1 unspecified atom stereocenters. The van der Waals surface area contributed by atoms with Crippen LogP contribution in [0.2, 0.25) is 0 Å². The van der Waals surface area contributed by atoms with Gasteiger partial charge in [0.05, 0.1) is 25.6 Å². The molecule has 176 valence electrons. The van der Waals surface area contributed by atoms with Crippen LogP contribution in [0.15, 0.2) is 23.3 Å². The van der Waals surface area contributed by atoms with Crippen molar-refractivity contribution in [2.45, 2.75) is 50.7 Å². The van der Waals surface area contributed by atoms with Gasteiger partial charge in [-0.2, -0.15) is 5.10 Å². The Kier molecular flexibility index (Phi) is 5.60. The standard InChI is InChI=1S/C24H30FN5O3/c1-16-18-14-21(27-20(18)3-2-19(16)25)23(33)28-10-12-29(13-11-28)26-8-4-22(32)30-9-5-17(31)15-24(30)6-7-24/h2-3,8,14,17,27,31H,4-7,9-13,15H2,1H3/b26-8-. The van der Waals surface area contributed by atoms with Crippen LogP contribution in [-0.4, -0.2) is 87.3 Å². The van der Waals surface area contributed by atoms with Gasteiger partial charge in [0.1, 0.15) is 11.5 Å². The number of hydrazone groups is 1. The Bertz CT molecular complexity index is 1100. The van der Waals surface area contributed by atoms with Gasteiger partial charge in [-0.05, 0) is 56.4 Å². The number of carbonyl (C=O) groups excluding carboxylic acids is 2. The number of carbonyl (C=O) groups is 2. The van der Waals surface area contributed by atoms with Crippen LogP contribution in [0.5, 0.6) is 0 Å². The molecule has 0 bridgehead atoms. The zero-order chi connectivity index (χ0) is 23.2. The Hall–Kier alpha value is -2.94. The first kappa shape index (κ1) is 21.9. The van der Waals surface area contributed by atoms with Crippen molar-refractivity contribution in [2.24, 2.45) is 5.10 Å². The van der Waals surface area contributed by atoms with E-state index in [9.17, 15) is 19.1 Å². The van der Waals surface area contributed by atoms with Gasteiger partial charge < -0.3 is 19.9 Å². The van der Waals surface area contributed by atoms with Crippen LogP contribution < -0.4 is 0 Å². The fourth-order valence-electron chi connectivity index (χ4n) is 5.14. The van der Waals surface area contributed by atoms with E-state index in [0.29, 0.717) is 56.8 Å². The number of aromatic amines is 1. The predicted octanol–water partition coefficient (Wildman–Crippen LogP) is 2.27. The lowest BCUT2D eigenvalue weighted by Gasteiger charge is -2.38. The fourth-order valence-corrected chi connectivity index (χ4v) is 5.14. The molecule has 1 saturated carbocycles. The van der Waals surface area contributed by atoms with E-state index in [0.717, 1.165) is 23.7 Å². The van der Waals surface area contributed by atoms with E-state index in [-0.39, 0.29) is 35.7 Å². The molecule has 1 aromatic carbocycles. The topological polar surface area (TPSA) is 92.2 Å². The highest BCUT2D eigenvalue weighted by Crippen LogP contribution is 2.48. The third kappa shape index (κ3) is 4.21. The molecule has 2 N–H and O–H groups in total. The van der Waals surface area contributed by atoms with Gasteiger partial charge in [-0.3, -0.25) is 14.6 Å². The smallest absolute Gasteiger partial charge is 0.270 e. The maximum atomic E-state index is 13.8. The molecule has 9 heteroatoms. The summed E-state index contributed by atoms with van der Waals surface area (Å²) in [6.45, 7) is 4.56. The van der Waals surface area contributed by atoms with Crippen molar-refractivity contribution in [1.29, 1.82) is 0 Å². The van der Waals surface area contributed by atoms with Crippen LogP contribution in [0.25, 0.3) is 10.9 Å². The normalized spacial score (nSPS) is 22.5. The van der Waals surface area contributed by atoms with Gasteiger partial charge in [0, 0.05) is 42.3 Å². The predicted molar refractivity (Wildman–Crippen MR) is 122 cm³/mol. The Morgan fingerprint density at radius 2 is 2.00 bits per heavy atom. The second-order valence-electron chi connectivity index (χ2n) is 9.48. The highest BCUT2D eigenvalue weighted by Gasteiger charge is 2.52. The Morgan fingerprint density at radius 1 is 1.24 bits per heavy atom. The molecule has 5 rings (SSSR count). The van der Waals surface area contributed by atoms with Gasteiger partial charge in [0.2, 0.25) is 5.91 Å². The zero-order valence-electron chi connectivity index (χ0n) is 18.9. The van der Waals surface area contributed by atoms with Gasteiger partial charge in [0.15, 0.2) is 0 Å². The van der Waals surface area contributed by atoms with Crippen molar-refractivity contribution in [1.82, 2.24) is 19.8 Å². The van der Waals surface area contributed by atoms with Crippen molar-refractivity contribution < 1.29 is 19.1 Å². The van der Waals surface area contributed by atoms with Gasteiger partial charge in [-0.15, -0.1) is 0 Å². The monoisotopic (exact) mass is 455 g/mol. The molecular formula is C24H30FN5O3. The highest BCUT2D eigenvalue weighted by molar-refractivity contribution is 5.99. The number of benzene rings is 1. The molecule has 33 heavy (non-hydrogen) atoms. The van der Waals surface area contributed by atoms with Crippen LogP contribution in [-0.2, 0) is 4.79 Å². The first-order valence-corrected chi connectivity index (χ1v) is 11.7. The first-order chi connectivity index (χ1) is 15.9. The van der Waals surface area contributed by atoms with Gasteiger partial charge in [0.25, 0.3) is 5.91 Å². The molecule has 2 amide bonds. The molecule has 1 aliphatic carbocycles. The fraction of sp³-hybridized carbons (Fsp3) is 0.542. The van der Waals surface area contributed by atoms with Crippen LogP contribution >= 0.6 is 0 Å². The number of aromatic nitrogens is 1. The number of nitrogens with one attached hydrogen (secondary N) is 1. The van der Waals surface area contributed by atoms with E-state index in [2.05, 4.69) is 10.1 Å². The number of amides is 2. The molecule has 1 aromatic heterocycles. The first-order valence-electron chi connectivity index (χ1n) is 11.7. The molecular weight excluding hydrogens is 425 g/mol. The number of likely N-dealkylation sites (tertiary alicyclic amines) is 1. The molecule has 8 nitrogen and oxygen atoms in total. The average Bonchev–Trinajstić information content (AvgIpc) is 3.41. The molecule has 2 aliphatic heterocycles. The quantitative estimate of drug-likeness (QED) is 0.692. The number of aryl methyl sites for hydroxylation is 1. The van der Waals surface area contributed by atoms with Crippen LogP contribution in [0, 0.1) is 12.7 Å². The zero-order valence-corrected chi connectivity index (χ0v) is 18.9. The number of fused-ring (bicyclic) bond motifs is 1. The number of rotatable bonds is 4. The summed E-state index contributed by atoms with van der Waals surface area (Å²) in [5.41, 5.74) is 1.63. The maximum Gasteiger partial charge on any atom is 0.270 e. The Labute approximate surface area is 192 Å². The lowest BCUT2D eigenvalue weighted by atomic mass is 9.97. The van der Waals surface area contributed by atoms with E-state index in [1.54, 1.807) is 30.2 Å². The van der Waals surface area contributed by atoms with E-state index < -0.39 is 0 Å². The number of aliphatic hydroxyl groups excluding tert-OH is 1.